The normalized spacial score (nSPS) is 30.8. The predicted octanol–water partition coefficient (Wildman–Crippen LogP) is 1.39. The van der Waals surface area contributed by atoms with Crippen molar-refractivity contribution in [3.8, 4) is 0 Å². The summed E-state index contributed by atoms with van der Waals surface area (Å²) in [5.41, 5.74) is -0.0224. The molecular weight excluding hydrogens is 374 g/mol. The van der Waals surface area contributed by atoms with Crippen LogP contribution in [0.15, 0.2) is 60.7 Å². The van der Waals surface area contributed by atoms with Crippen LogP contribution in [0.5, 0.6) is 0 Å². The minimum Gasteiger partial charge on any atom is -0.374 e. The fourth-order valence-corrected chi connectivity index (χ4v) is 3.77. The standard InChI is InChI=1S/C22H25NO6/c1-23-20(24)22(25)19(27-13-16-10-6-3-7-11-16)18-17(14-28-21(22)29-18)26-12-15-8-4-2-5-9-15/h2-11,17-19,21,25H,12-14H2,1H3,(H,23,24)/t17-,18-,19+,21-,22+/m1/s1. The van der Waals surface area contributed by atoms with Gasteiger partial charge in [0.15, 0.2) is 6.29 Å². The molecule has 2 fully saturated rings. The van der Waals surface area contributed by atoms with E-state index in [1.807, 2.05) is 60.7 Å². The number of ether oxygens (including phenoxy) is 4. The van der Waals surface area contributed by atoms with E-state index in [0.717, 1.165) is 11.1 Å². The molecule has 0 radical (unpaired) electrons. The van der Waals surface area contributed by atoms with Gasteiger partial charge in [-0.1, -0.05) is 60.7 Å². The van der Waals surface area contributed by atoms with Crippen LogP contribution in [-0.4, -0.2) is 54.9 Å². The Morgan fingerprint density at radius 1 is 1.07 bits per heavy atom. The van der Waals surface area contributed by atoms with Crippen LogP contribution in [0.3, 0.4) is 0 Å². The van der Waals surface area contributed by atoms with Crippen LogP contribution >= 0.6 is 0 Å². The van der Waals surface area contributed by atoms with Crippen molar-refractivity contribution >= 4 is 5.91 Å². The first kappa shape index (κ1) is 20.0. The van der Waals surface area contributed by atoms with Crippen molar-refractivity contribution in [1.29, 1.82) is 0 Å². The molecule has 2 N–H and O–H groups in total. The minimum atomic E-state index is -1.96. The summed E-state index contributed by atoms with van der Waals surface area (Å²) in [6, 6.07) is 19.3. The molecule has 0 aromatic heterocycles. The summed E-state index contributed by atoms with van der Waals surface area (Å²) in [5.74, 6) is -0.605. The van der Waals surface area contributed by atoms with Crippen LogP contribution in [0.25, 0.3) is 0 Å². The summed E-state index contributed by atoms with van der Waals surface area (Å²) in [7, 11) is 1.46. The highest BCUT2D eigenvalue weighted by atomic mass is 16.7. The van der Waals surface area contributed by atoms with Gasteiger partial charge in [0.1, 0.15) is 18.3 Å². The molecule has 2 saturated heterocycles. The van der Waals surface area contributed by atoms with Gasteiger partial charge in [-0.3, -0.25) is 4.79 Å². The van der Waals surface area contributed by atoms with Gasteiger partial charge < -0.3 is 29.4 Å². The number of nitrogens with one attached hydrogen (secondary N) is 1. The highest BCUT2D eigenvalue weighted by Gasteiger charge is 2.66. The number of rotatable bonds is 7. The molecule has 7 nitrogen and oxygen atoms in total. The fourth-order valence-electron chi connectivity index (χ4n) is 3.77. The van der Waals surface area contributed by atoms with Crippen molar-refractivity contribution in [2.75, 3.05) is 13.7 Å². The highest BCUT2D eigenvalue weighted by molar-refractivity contribution is 5.86. The van der Waals surface area contributed by atoms with Crippen molar-refractivity contribution in [2.24, 2.45) is 0 Å². The van der Waals surface area contributed by atoms with Crippen LogP contribution in [0, 0.1) is 0 Å². The van der Waals surface area contributed by atoms with Gasteiger partial charge in [0, 0.05) is 7.05 Å². The zero-order valence-corrected chi connectivity index (χ0v) is 16.2. The molecule has 0 unspecified atom stereocenters. The van der Waals surface area contributed by atoms with Crippen molar-refractivity contribution in [3.63, 3.8) is 0 Å². The molecule has 2 heterocycles. The van der Waals surface area contributed by atoms with Gasteiger partial charge in [-0.25, -0.2) is 0 Å². The van der Waals surface area contributed by atoms with Crippen LogP contribution < -0.4 is 5.32 Å². The molecule has 2 aliphatic heterocycles. The first-order chi connectivity index (χ1) is 14.1. The van der Waals surface area contributed by atoms with E-state index in [1.165, 1.54) is 7.05 Å². The molecule has 7 heteroatoms. The van der Waals surface area contributed by atoms with E-state index in [9.17, 15) is 9.90 Å². The fraction of sp³-hybridized carbons (Fsp3) is 0.409. The van der Waals surface area contributed by atoms with E-state index in [0.29, 0.717) is 6.61 Å². The van der Waals surface area contributed by atoms with E-state index < -0.39 is 36.1 Å². The number of hydrogen-bond donors (Lipinski definition) is 2. The lowest BCUT2D eigenvalue weighted by molar-refractivity contribution is -0.257. The summed E-state index contributed by atoms with van der Waals surface area (Å²) in [5, 5.41) is 13.7. The molecule has 0 spiro atoms. The molecule has 2 aromatic rings. The monoisotopic (exact) mass is 399 g/mol. The van der Waals surface area contributed by atoms with Gasteiger partial charge in [-0.2, -0.15) is 0 Å². The summed E-state index contributed by atoms with van der Waals surface area (Å²) >= 11 is 0. The Labute approximate surface area is 169 Å². The van der Waals surface area contributed by atoms with Gasteiger partial charge in [0.25, 0.3) is 5.91 Å². The second-order valence-corrected chi connectivity index (χ2v) is 7.22. The molecule has 2 aliphatic rings. The number of likely N-dealkylation sites (N-methyl/N-ethyl adjacent to an activating group) is 1. The molecule has 0 aliphatic carbocycles. The Hall–Kier alpha value is -2.29. The van der Waals surface area contributed by atoms with Gasteiger partial charge >= 0.3 is 0 Å². The third kappa shape index (κ3) is 3.92. The maximum Gasteiger partial charge on any atom is 0.259 e. The number of amides is 1. The Balaban J connectivity index is 1.52. The smallest absolute Gasteiger partial charge is 0.259 e. The third-order valence-corrected chi connectivity index (χ3v) is 5.32. The van der Waals surface area contributed by atoms with E-state index in [4.69, 9.17) is 18.9 Å². The SMILES string of the molecule is CNC(=O)[C@]1(O)[C@@H]2OC[C@@H](OCc3ccccc3)[C@@H](O2)[C@@H]1OCc1ccccc1. The quantitative estimate of drug-likeness (QED) is 0.732. The molecule has 2 aromatic carbocycles. The Bertz CT molecular complexity index is 817. The zero-order chi connectivity index (χ0) is 20.3. The second kappa shape index (κ2) is 8.61. The largest absolute Gasteiger partial charge is 0.374 e. The number of hydrogen-bond acceptors (Lipinski definition) is 6. The van der Waals surface area contributed by atoms with Crippen molar-refractivity contribution in [3.05, 3.63) is 71.8 Å². The highest BCUT2D eigenvalue weighted by Crippen LogP contribution is 2.40. The van der Waals surface area contributed by atoms with E-state index in [2.05, 4.69) is 5.32 Å². The van der Waals surface area contributed by atoms with Gasteiger partial charge in [-0.15, -0.1) is 0 Å². The Morgan fingerprint density at radius 2 is 1.66 bits per heavy atom. The molecule has 2 bridgehead atoms. The molecule has 5 atom stereocenters. The lowest BCUT2D eigenvalue weighted by Crippen LogP contribution is -2.59. The lowest BCUT2D eigenvalue weighted by atomic mass is 9.92. The van der Waals surface area contributed by atoms with Crippen LogP contribution in [0.2, 0.25) is 0 Å². The molecule has 154 valence electrons. The maximum absolute atomic E-state index is 12.5. The molecule has 1 amide bonds. The topological polar surface area (TPSA) is 86.3 Å². The molecule has 4 rings (SSSR count). The van der Waals surface area contributed by atoms with E-state index in [-0.39, 0.29) is 13.2 Å². The number of carbonyl (C=O) groups excluding carboxylic acids is 1. The lowest BCUT2D eigenvalue weighted by Gasteiger charge is -2.30. The van der Waals surface area contributed by atoms with Crippen LogP contribution in [0.4, 0.5) is 0 Å². The van der Waals surface area contributed by atoms with Gasteiger partial charge in [0.2, 0.25) is 5.60 Å². The number of fused-ring (bicyclic) bond motifs is 2. The molecule has 0 saturated carbocycles. The first-order valence-electron chi connectivity index (χ1n) is 9.65. The average molecular weight is 399 g/mol. The average Bonchev–Trinajstić information content (AvgIpc) is 3.00. The van der Waals surface area contributed by atoms with Crippen LogP contribution in [-0.2, 0) is 37.0 Å². The summed E-state index contributed by atoms with van der Waals surface area (Å²) in [6.07, 6.45) is -3.16. The Morgan fingerprint density at radius 3 is 2.24 bits per heavy atom. The maximum atomic E-state index is 12.5. The van der Waals surface area contributed by atoms with E-state index >= 15 is 0 Å². The van der Waals surface area contributed by atoms with Crippen molar-refractivity contribution < 1.29 is 28.8 Å². The second-order valence-electron chi connectivity index (χ2n) is 7.22. The molecule has 29 heavy (non-hydrogen) atoms. The van der Waals surface area contributed by atoms with Gasteiger partial charge in [0.05, 0.1) is 19.8 Å². The summed E-state index contributed by atoms with van der Waals surface area (Å²) in [6.45, 7) is 0.790. The Kier molecular flexibility index (Phi) is 5.94. The minimum absolute atomic E-state index is 0.201. The summed E-state index contributed by atoms with van der Waals surface area (Å²) < 4.78 is 23.6. The zero-order valence-electron chi connectivity index (χ0n) is 16.2. The number of aliphatic hydroxyl groups is 1. The first-order valence-corrected chi connectivity index (χ1v) is 9.65. The molecular formula is C22H25NO6. The predicted molar refractivity (Wildman–Crippen MR) is 104 cm³/mol. The van der Waals surface area contributed by atoms with E-state index in [1.54, 1.807) is 0 Å². The van der Waals surface area contributed by atoms with Crippen molar-refractivity contribution in [1.82, 2.24) is 5.32 Å². The third-order valence-electron chi connectivity index (χ3n) is 5.32. The number of benzene rings is 2. The van der Waals surface area contributed by atoms with Crippen molar-refractivity contribution in [2.45, 2.75) is 43.4 Å². The van der Waals surface area contributed by atoms with Crippen LogP contribution in [0.1, 0.15) is 11.1 Å². The van der Waals surface area contributed by atoms with Gasteiger partial charge in [-0.05, 0) is 11.1 Å². The summed E-state index contributed by atoms with van der Waals surface area (Å²) in [4.78, 5) is 12.5. The number of carbonyl (C=O) groups is 1.